The Bertz CT molecular complexity index is 1180. The lowest BCUT2D eigenvalue weighted by atomic mass is 10.0. The smallest absolute Gasteiger partial charge is 0.243 e. The summed E-state index contributed by atoms with van der Waals surface area (Å²) in [4.78, 5) is 28.8. The largest absolute Gasteiger partial charge is 0.354 e. The van der Waals surface area contributed by atoms with Crippen molar-refractivity contribution in [3.05, 3.63) is 104 Å². The zero-order chi connectivity index (χ0) is 26.6. The van der Waals surface area contributed by atoms with E-state index in [1.807, 2.05) is 60.7 Å². The van der Waals surface area contributed by atoms with Crippen LogP contribution < -0.4 is 5.32 Å². The molecule has 1 atom stereocenters. The predicted octanol–water partition coefficient (Wildman–Crippen LogP) is 7.55. The van der Waals surface area contributed by atoms with Crippen molar-refractivity contribution >= 4 is 62.7 Å². The molecule has 37 heavy (non-hydrogen) atoms. The van der Waals surface area contributed by atoms with Crippen LogP contribution in [-0.4, -0.2) is 35.1 Å². The summed E-state index contributed by atoms with van der Waals surface area (Å²) in [7, 11) is 0. The summed E-state index contributed by atoms with van der Waals surface area (Å²) in [5, 5.41) is 4.21. The van der Waals surface area contributed by atoms with Crippen LogP contribution in [0.3, 0.4) is 0 Å². The minimum atomic E-state index is -0.634. The first-order valence-corrected chi connectivity index (χ1v) is 14.9. The first-order chi connectivity index (χ1) is 17.9. The molecule has 0 saturated heterocycles. The maximum absolute atomic E-state index is 13.7. The van der Waals surface area contributed by atoms with Gasteiger partial charge in [0.1, 0.15) is 6.04 Å². The number of rotatable bonds is 13. The first kappa shape index (κ1) is 29.6. The number of carbonyl (C=O) groups excluding carboxylic acids is 2. The molecule has 196 valence electrons. The van der Waals surface area contributed by atoms with E-state index in [-0.39, 0.29) is 17.6 Å². The SMILES string of the molecule is CCCCNC(=O)[C@@H](Cc1ccccc1)N(Cc1cccc(Br)c1)C(=O)CSCc1ccc(Cl)cc1Cl. The van der Waals surface area contributed by atoms with Crippen molar-refractivity contribution in [3.8, 4) is 0 Å². The molecule has 0 fully saturated rings. The lowest BCUT2D eigenvalue weighted by molar-refractivity contribution is -0.139. The third-order valence-electron chi connectivity index (χ3n) is 5.84. The van der Waals surface area contributed by atoms with E-state index in [4.69, 9.17) is 23.2 Å². The van der Waals surface area contributed by atoms with Gasteiger partial charge in [-0.05, 0) is 47.4 Å². The highest BCUT2D eigenvalue weighted by Crippen LogP contribution is 2.25. The molecule has 0 spiro atoms. The van der Waals surface area contributed by atoms with Crippen LogP contribution in [0, 0.1) is 0 Å². The lowest BCUT2D eigenvalue weighted by Crippen LogP contribution is -2.51. The molecular weight excluding hydrogens is 591 g/mol. The van der Waals surface area contributed by atoms with Crippen LogP contribution in [0.4, 0.5) is 0 Å². The number of thioether (sulfide) groups is 1. The number of hydrogen-bond acceptors (Lipinski definition) is 3. The molecule has 3 rings (SSSR count). The molecule has 0 aliphatic rings. The lowest BCUT2D eigenvalue weighted by Gasteiger charge is -2.31. The maximum Gasteiger partial charge on any atom is 0.243 e. The summed E-state index contributed by atoms with van der Waals surface area (Å²) in [6.45, 7) is 3.00. The molecule has 8 heteroatoms. The fraction of sp³-hybridized carbons (Fsp3) is 0.310. The van der Waals surface area contributed by atoms with E-state index < -0.39 is 6.04 Å². The number of unbranched alkanes of at least 4 members (excludes halogenated alkanes) is 1. The standard InChI is InChI=1S/C29H31BrCl2N2O2S/c1-2-3-14-33-29(36)27(16-21-8-5-4-6-9-21)34(18-22-10-7-11-24(30)15-22)28(35)20-37-19-23-12-13-25(31)17-26(23)32/h4-13,15,17,27H,2-3,14,16,18-20H2,1H3,(H,33,36)/t27-/m1/s1. The van der Waals surface area contributed by atoms with E-state index in [9.17, 15) is 9.59 Å². The molecule has 0 aliphatic heterocycles. The summed E-state index contributed by atoms with van der Waals surface area (Å²) in [6.07, 6.45) is 2.31. The molecule has 0 radical (unpaired) electrons. The Morgan fingerprint density at radius 1 is 1.00 bits per heavy atom. The average Bonchev–Trinajstić information content (AvgIpc) is 2.88. The quantitative estimate of drug-likeness (QED) is 0.201. The number of nitrogens with zero attached hydrogens (tertiary/aromatic N) is 1. The Hall–Kier alpha value is -1.99. The van der Waals surface area contributed by atoms with Crippen LogP contribution in [0.15, 0.2) is 77.3 Å². The van der Waals surface area contributed by atoms with Crippen LogP contribution in [0.25, 0.3) is 0 Å². The van der Waals surface area contributed by atoms with Crippen molar-refractivity contribution < 1.29 is 9.59 Å². The highest BCUT2D eigenvalue weighted by Gasteiger charge is 2.30. The molecule has 0 aliphatic carbocycles. The normalized spacial score (nSPS) is 11.7. The van der Waals surface area contributed by atoms with E-state index in [0.717, 1.165) is 34.0 Å². The fourth-order valence-corrected chi connectivity index (χ4v) is 5.78. The zero-order valence-electron chi connectivity index (χ0n) is 20.8. The minimum absolute atomic E-state index is 0.0957. The van der Waals surface area contributed by atoms with Gasteiger partial charge in [-0.3, -0.25) is 9.59 Å². The highest BCUT2D eigenvalue weighted by molar-refractivity contribution is 9.10. The van der Waals surface area contributed by atoms with Gasteiger partial charge >= 0.3 is 0 Å². The molecule has 1 N–H and O–H groups in total. The Morgan fingerprint density at radius 3 is 2.46 bits per heavy atom. The van der Waals surface area contributed by atoms with Gasteiger partial charge in [0.05, 0.1) is 5.75 Å². The second kappa shape index (κ2) is 15.4. The summed E-state index contributed by atoms with van der Waals surface area (Å²) < 4.78 is 0.927. The fourth-order valence-electron chi connectivity index (χ4n) is 3.86. The van der Waals surface area contributed by atoms with E-state index in [1.54, 1.807) is 17.0 Å². The second-order valence-corrected chi connectivity index (χ2v) is 11.5. The third kappa shape index (κ3) is 9.68. The molecule has 0 aromatic heterocycles. The number of nitrogens with one attached hydrogen (secondary N) is 1. The third-order valence-corrected chi connectivity index (χ3v) is 7.89. The van der Waals surface area contributed by atoms with E-state index in [1.165, 1.54) is 11.8 Å². The van der Waals surface area contributed by atoms with Crippen molar-refractivity contribution in [2.75, 3.05) is 12.3 Å². The minimum Gasteiger partial charge on any atom is -0.354 e. The van der Waals surface area contributed by atoms with Gasteiger partial charge in [-0.1, -0.05) is 101 Å². The summed E-state index contributed by atoms with van der Waals surface area (Å²) in [5.41, 5.74) is 2.87. The van der Waals surface area contributed by atoms with Crippen molar-refractivity contribution in [2.45, 2.75) is 44.5 Å². The molecule has 0 unspecified atom stereocenters. The van der Waals surface area contributed by atoms with Gasteiger partial charge in [0.2, 0.25) is 11.8 Å². The number of benzene rings is 3. The topological polar surface area (TPSA) is 49.4 Å². The van der Waals surface area contributed by atoms with Crippen LogP contribution in [0.5, 0.6) is 0 Å². The van der Waals surface area contributed by atoms with E-state index >= 15 is 0 Å². The number of hydrogen-bond donors (Lipinski definition) is 1. The highest BCUT2D eigenvalue weighted by atomic mass is 79.9. The summed E-state index contributed by atoms with van der Waals surface area (Å²) in [5.74, 6) is 0.562. The van der Waals surface area contributed by atoms with Crippen molar-refractivity contribution in [2.24, 2.45) is 0 Å². The average molecular weight is 622 g/mol. The Balaban J connectivity index is 1.83. The number of carbonyl (C=O) groups is 2. The van der Waals surface area contributed by atoms with Crippen LogP contribution in [0.2, 0.25) is 10.0 Å². The molecule has 0 bridgehead atoms. The van der Waals surface area contributed by atoms with E-state index in [2.05, 4.69) is 28.2 Å². The second-order valence-electron chi connectivity index (χ2n) is 8.73. The predicted molar refractivity (Wildman–Crippen MR) is 159 cm³/mol. The summed E-state index contributed by atoms with van der Waals surface area (Å²) >= 11 is 17.3. The van der Waals surface area contributed by atoms with Gasteiger partial charge in [0.15, 0.2) is 0 Å². The monoisotopic (exact) mass is 620 g/mol. The van der Waals surface area contributed by atoms with Gasteiger partial charge in [0, 0.05) is 39.8 Å². The molecule has 3 aromatic rings. The van der Waals surface area contributed by atoms with Gasteiger partial charge < -0.3 is 10.2 Å². The molecule has 0 saturated carbocycles. The molecular formula is C29H31BrCl2N2O2S. The van der Waals surface area contributed by atoms with Crippen molar-refractivity contribution in [1.82, 2.24) is 10.2 Å². The van der Waals surface area contributed by atoms with Gasteiger partial charge in [0.25, 0.3) is 0 Å². The van der Waals surface area contributed by atoms with Crippen LogP contribution in [0.1, 0.15) is 36.5 Å². The van der Waals surface area contributed by atoms with Gasteiger partial charge in [-0.15, -0.1) is 11.8 Å². The molecule has 4 nitrogen and oxygen atoms in total. The Labute approximate surface area is 242 Å². The van der Waals surface area contributed by atoms with Crippen molar-refractivity contribution in [1.29, 1.82) is 0 Å². The maximum atomic E-state index is 13.7. The van der Waals surface area contributed by atoms with Crippen LogP contribution >= 0.6 is 50.9 Å². The summed E-state index contributed by atoms with van der Waals surface area (Å²) in [6, 6.07) is 22.4. The van der Waals surface area contributed by atoms with Gasteiger partial charge in [-0.25, -0.2) is 0 Å². The van der Waals surface area contributed by atoms with Gasteiger partial charge in [-0.2, -0.15) is 0 Å². The van der Waals surface area contributed by atoms with Crippen LogP contribution in [-0.2, 0) is 28.3 Å². The Morgan fingerprint density at radius 2 is 1.76 bits per heavy atom. The molecule has 2 amide bonds. The number of amides is 2. The van der Waals surface area contributed by atoms with Crippen molar-refractivity contribution in [3.63, 3.8) is 0 Å². The first-order valence-electron chi connectivity index (χ1n) is 12.2. The molecule has 0 heterocycles. The number of halogens is 3. The Kier molecular flexibility index (Phi) is 12.3. The molecule has 3 aromatic carbocycles. The van der Waals surface area contributed by atoms with E-state index in [0.29, 0.717) is 35.3 Å². The zero-order valence-corrected chi connectivity index (χ0v) is 24.7.